The first kappa shape index (κ1) is 18.2. The monoisotopic (exact) mass is 340 g/mol. The highest BCUT2D eigenvalue weighted by atomic mass is 32.2. The van der Waals surface area contributed by atoms with Gasteiger partial charge in [0.05, 0.1) is 12.0 Å². The second-order valence-corrected chi connectivity index (χ2v) is 8.39. The molecule has 0 aromatic heterocycles. The maximum atomic E-state index is 13.0. The molecule has 1 aromatic rings. The number of sulfonamides is 1. The van der Waals surface area contributed by atoms with Crippen LogP contribution >= 0.6 is 0 Å². The molecule has 0 unspecified atom stereocenters. The minimum Gasteiger partial charge on any atom is -0.496 e. The molecule has 0 bridgehead atoms. The van der Waals surface area contributed by atoms with E-state index in [1.165, 1.54) is 0 Å². The molecule has 5 nitrogen and oxygen atoms in total. The molecule has 1 fully saturated rings. The molecule has 1 saturated heterocycles. The number of nitrogens with zero attached hydrogens (tertiary/aromatic N) is 1. The normalized spacial score (nSPS) is 17.7. The van der Waals surface area contributed by atoms with Gasteiger partial charge < -0.3 is 10.1 Å². The summed E-state index contributed by atoms with van der Waals surface area (Å²) >= 11 is 0. The first-order valence-electron chi connectivity index (χ1n) is 8.17. The van der Waals surface area contributed by atoms with E-state index >= 15 is 0 Å². The summed E-state index contributed by atoms with van der Waals surface area (Å²) in [5.41, 5.74) is 1.67. The predicted molar refractivity (Wildman–Crippen MR) is 92.7 cm³/mol. The standard InChI is InChI=1S/C17H28N2O3S/c1-12(2)15-11-17(13(3)10-16(15)22-5)23(20,21)19-8-6-14(18-4)7-9-19/h10-12,14,18H,6-9H2,1-5H3. The summed E-state index contributed by atoms with van der Waals surface area (Å²) in [6.07, 6.45) is 1.70. The first-order chi connectivity index (χ1) is 10.8. The SMILES string of the molecule is CNC1CCN(S(=O)(=O)c2cc(C(C)C)c(OC)cc2C)CC1. The first-order valence-corrected chi connectivity index (χ1v) is 9.61. The number of hydrogen-bond acceptors (Lipinski definition) is 4. The molecule has 130 valence electrons. The lowest BCUT2D eigenvalue weighted by Gasteiger charge is -2.31. The second-order valence-electron chi connectivity index (χ2n) is 6.48. The van der Waals surface area contributed by atoms with Crippen molar-refractivity contribution in [2.75, 3.05) is 27.2 Å². The summed E-state index contributed by atoms with van der Waals surface area (Å²) in [5, 5.41) is 3.23. The molecule has 1 aromatic carbocycles. The van der Waals surface area contributed by atoms with Gasteiger partial charge in [-0.2, -0.15) is 4.31 Å². The van der Waals surface area contributed by atoms with Crippen LogP contribution in [-0.2, 0) is 10.0 Å². The molecule has 1 heterocycles. The Hall–Kier alpha value is -1.11. The fourth-order valence-electron chi connectivity index (χ4n) is 3.11. The van der Waals surface area contributed by atoms with E-state index in [1.54, 1.807) is 17.5 Å². The molecule has 0 atom stereocenters. The molecule has 0 spiro atoms. The third-order valence-electron chi connectivity index (χ3n) is 4.63. The van der Waals surface area contributed by atoms with Gasteiger partial charge in [-0.15, -0.1) is 0 Å². The van der Waals surface area contributed by atoms with Crippen LogP contribution in [0, 0.1) is 6.92 Å². The van der Waals surface area contributed by atoms with Crippen LogP contribution in [0.1, 0.15) is 43.7 Å². The van der Waals surface area contributed by atoms with Crippen molar-refractivity contribution >= 4 is 10.0 Å². The molecular formula is C17H28N2O3S. The predicted octanol–water partition coefficient (Wildman–Crippen LogP) is 2.50. The van der Waals surface area contributed by atoms with Gasteiger partial charge in [-0.05, 0) is 56.0 Å². The Morgan fingerprint density at radius 3 is 2.35 bits per heavy atom. The fourth-order valence-corrected chi connectivity index (χ4v) is 4.82. The molecule has 1 aliphatic heterocycles. The van der Waals surface area contributed by atoms with Crippen LogP contribution in [0.15, 0.2) is 17.0 Å². The Morgan fingerprint density at radius 1 is 1.26 bits per heavy atom. The largest absolute Gasteiger partial charge is 0.496 e. The Labute approximate surface area is 140 Å². The minimum absolute atomic E-state index is 0.203. The molecule has 0 radical (unpaired) electrons. The van der Waals surface area contributed by atoms with Crippen LogP contribution in [0.3, 0.4) is 0 Å². The van der Waals surface area contributed by atoms with Crippen molar-refractivity contribution in [3.63, 3.8) is 0 Å². The van der Waals surface area contributed by atoms with Gasteiger partial charge in [0.15, 0.2) is 0 Å². The number of rotatable bonds is 5. The minimum atomic E-state index is -3.46. The summed E-state index contributed by atoms with van der Waals surface area (Å²) in [4.78, 5) is 0.407. The maximum Gasteiger partial charge on any atom is 0.243 e. The van der Waals surface area contributed by atoms with Gasteiger partial charge in [0.25, 0.3) is 0 Å². The lowest BCUT2D eigenvalue weighted by Crippen LogP contribution is -2.44. The smallest absolute Gasteiger partial charge is 0.243 e. The second kappa shape index (κ2) is 7.20. The summed E-state index contributed by atoms with van der Waals surface area (Å²) in [6.45, 7) is 7.05. The van der Waals surface area contributed by atoms with Crippen molar-refractivity contribution in [3.05, 3.63) is 23.3 Å². The van der Waals surface area contributed by atoms with Gasteiger partial charge in [-0.25, -0.2) is 8.42 Å². The van der Waals surface area contributed by atoms with Crippen molar-refractivity contribution in [3.8, 4) is 5.75 Å². The summed E-state index contributed by atoms with van der Waals surface area (Å²) in [7, 11) is 0.0950. The molecular weight excluding hydrogens is 312 g/mol. The molecule has 6 heteroatoms. The number of nitrogens with one attached hydrogen (secondary N) is 1. The van der Waals surface area contributed by atoms with E-state index in [9.17, 15) is 8.42 Å². The molecule has 0 saturated carbocycles. The van der Waals surface area contributed by atoms with Crippen molar-refractivity contribution in [2.24, 2.45) is 0 Å². The lowest BCUT2D eigenvalue weighted by molar-refractivity contribution is 0.298. The highest BCUT2D eigenvalue weighted by Crippen LogP contribution is 2.33. The highest BCUT2D eigenvalue weighted by molar-refractivity contribution is 7.89. The van der Waals surface area contributed by atoms with Gasteiger partial charge >= 0.3 is 0 Å². The number of methoxy groups -OCH3 is 1. The van der Waals surface area contributed by atoms with E-state index in [-0.39, 0.29) is 5.92 Å². The van der Waals surface area contributed by atoms with Gasteiger partial charge in [0.2, 0.25) is 10.0 Å². The van der Waals surface area contributed by atoms with Crippen LogP contribution in [0.25, 0.3) is 0 Å². The number of hydrogen-bond donors (Lipinski definition) is 1. The summed E-state index contributed by atoms with van der Waals surface area (Å²) in [6, 6.07) is 4.03. The Bertz CT molecular complexity index is 648. The summed E-state index contributed by atoms with van der Waals surface area (Å²) < 4.78 is 33.1. The third-order valence-corrected chi connectivity index (χ3v) is 6.67. The maximum absolute atomic E-state index is 13.0. The zero-order valence-corrected chi connectivity index (χ0v) is 15.5. The summed E-state index contributed by atoms with van der Waals surface area (Å²) in [5.74, 6) is 0.958. The third kappa shape index (κ3) is 3.70. The van der Waals surface area contributed by atoms with Gasteiger partial charge in [0.1, 0.15) is 5.75 Å². The molecule has 2 rings (SSSR count). The van der Waals surface area contributed by atoms with E-state index in [1.807, 2.05) is 33.9 Å². The molecule has 0 aliphatic carbocycles. The molecule has 1 N–H and O–H groups in total. The zero-order valence-electron chi connectivity index (χ0n) is 14.7. The van der Waals surface area contributed by atoms with Crippen molar-refractivity contribution in [1.29, 1.82) is 0 Å². The average molecular weight is 340 g/mol. The molecule has 0 amide bonds. The fraction of sp³-hybridized carbons (Fsp3) is 0.647. The highest BCUT2D eigenvalue weighted by Gasteiger charge is 2.31. The Kier molecular flexibility index (Phi) is 5.70. The number of piperidine rings is 1. The van der Waals surface area contributed by atoms with Crippen molar-refractivity contribution < 1.29 is 13.2 Å². The van der Waals surface area contributed by atoms with Gasteiger partial charge in [-0.3, -0.25) is 0 Å². The van der Waals surface area contributed by atoms with E-state index < -0.39 is 10.0 Å². The van der Waals surface area contributed by atoms with E-state index in [0.717, 1.165) is 29.7 Å². The quantitative estimate of drug-likeness (QED) is 0.895. The van der Waals surface area contributed by atoms with E-state index in [2.05, 4.69) is 5.32 Å². The zero-order chi connectivity index (χ0) is 17.2. The number of benzene rings is 1. The van der Waals surface area contributed by atoms with Crippen molar-refractivity contribution in [1.82, 2.24) is 9.62 Å². The Morgan fingerprint density at radius 2 is 1.87 bits per heavy atom. The molecule has 1 aliphatic rings. The topological polar surface area (TPSA) is 58.6 Å². The van der Waals surface area contributed by atoms with Crippen LogP contribution in [0.5, 0.6) is 5.75 Å². The lowest BCUT2D eigenvalue weighted by atomic mass is 10.0. The van der Waals surface area contributed by atoms with E-state index in [4.69, 9.17) is 4.74 Å². The van der Waals surface area contributed by atoms with Crippen LogP contribution < -0.4 is 10.1 Å². The number of ether oxygens (including phenoxy) is 1. The average Bonchev–Trinajstić information content (AvgIpc) is 2.53. The van der Waals surface area contributed by atoms with Gasteiger partial charge in [0, 0.05) is 19.1 Å². The Balaban J connectivity index is 2.38. The van der Waals surface area contributed by atoms with Crippen LogP contribution in [0.2, 0.25) is 0 Å². The van der Waals surface area contributed by atoms with Crippen LogP contribution in [0.4, 0.5) is 0 Å². The van der Waals surface area contributed by atoms with Crippen LogP contribution in [-0.4, -0.2) is 46.0 Å². The van der Waals surface area contributed by atoms with E-state index in [0.29, 0.717) is 24.0 Å². The van der Waals surface area contributed by atoms with Crippen molar-refractivity contribution in [2.45, 2.75) is 50.5 Å². The van der Waals surface area contributed by atoms with Gasteiger partial charge in [-0.1, -0.05) is 13.8 Å². The molecule has 23 heavy (non-hydrogen) atoms. The number of aryl methyl sites for hydroxylation is 1.